The summed E-state index contributed by atoms with van der Waals surface area (Å²) >= 11 is 1.17. The third kappa shape index (κ3) is 4.31. The van der Waals surface area contributed by atoms with Crippen molar-refractivity contribution >= 4 is 55.4 Å². The van der Waals surface area contributed by atoms with Crippen LogP contribution in [0.2, 0.25) is 0 Å². The van der Waals surface area contributed by atoms with Crippen LogP contribution in [0.1, 0.15) is 11.1 Å². The van der Waals surface area contributed by atoms with E-state index < -0.39 is 10.0 Å². The fourth-order valence-electron chi connectivity index (χ4n) is 3.11. The topological polar surface area (TPSA) is 121 Å². The number of carbonyl (C=O) groups is 1. The lowest BCUT2D eigenvalue weighted by molar-refractivity contribution is -0.113. The number of nitrogens with zero attached hydrogens (tertiary/aromatic N) is 4. The summed E-state index contributed by atoms with van der Waals surface area (Å²) in [4.78, 5) is 20.0. The number of aryl methyl sites for hydroxylation is 2. The largest absolute Gasteiger partial charge is 0.338 e. The molecule has 4 rings (SSSR count). The Kier molecular flexibility index (Phi) is 5.89. The number of amides is 1. The van der Waals surface area contributed by atoms with Gasteiger partial charge in [0.1, 0.15) is 5.52 Å². The molecule has 166 valence electrons. The highest BCUT2D eigenvalue weighted by atomic mass is 32.2. The minimum Gasteiger partial charge on any atom is -0.338 e. The van der Waals surface area contributed by atoms with E-state index in [4.69, 9.17) is 0 Å². The first kappa shape index (κ1) is 22.2. The van der Waals surface area contributed by atoms with Gasteiger partial charge in [-0.05, 0) is 55.3 Å². The summed E-state index contributed by atoms with van der Waals surface area (Å²) in [6.45, 7) is 4.01. The molecule has 0 saturated heterocycles. The fraction of sp³-hybridized carbons (Fsp3) is 0.238. The molecule has 0 bridgehead atoms. The third-order valence-electron chi connectivity index (χ3n) is 5.07. The Balaban J connectivity index is 1.52. The predicted molar refractivity (Wildman–Crippen MR) is 125 cm³/mol. The van der Waals surface area contributed by atoms with E-state index in [2.05, 4.69) is 25.5 Å². The van der Waals surface area contributed by atoms with E-state index in [1.807, 2.05) is 32.0 Å². The van der Waals surface area contributed by atoms with Crippen molar-refractivity contribution in [3.05, 3.63) is 47.5 Å². The average molecular weight is 471 g/mol. The highest BCUT2D eigenvalue weighted by Crippen LogP contribution is 2.27. The third-order valence-corrected chi connectivity index (χ3v) is 7.72. The summed E-state index contributed by atoms with van der Waals surface area (Å²) in [5.41, 5.74) is 4.66. The number of anilines is 1. The lowest BCUT2D eigenvalue weighted by atomic mass is 10.1. The number of carbonyl (C=O) groups excluding carboxylic acids is 1. The van der Waals surface area contributed by atoms with Crippen LogP contribution in [0.3, 0.4) is 0 Å². The van der Waals surface area contributed by atoms with Gasteiger partial charge in [-0.1, -0.05) is 17.8 Å². The molecule has 0 aliphatic carbocycles. The standard InChI is InChI=1S/C21H22N6O3S2/c1-12-5-6-14(9-13(12)2)22-18(28)11-31-21-24-20-19(25-26-21)16-10-15(7-8-17(16)23-20)32(29,30)27(3)4/h5-10H,11H2,1-4H3,(H,22,28)(H,23,24,26). The number of benzene rings is 2. The molecule has 2 heterocycles. The lowest BCUT2D eigenvalue weighted by Gasteiger charge is -2.10. The number of H-pyrrole nitrogens is 1. The number of fused-ring (bicyclic) bond motifs is 3. The van der Waals surface area contributed by atoms with E-state index in [0.717, 1.165) is 21.1 Å². The van der Waals surface area contributed by atoms with Crippen LogP contribution in [0.4, 0.5) is 5.69 Å². The monoisotopic (exact) mass is 470 g/mol. The molecule has 9 nitrogen and oxygen atoms in total. The second-order valence-corrected chi connectivity index (χ2v) is 10.6. The van der Waals surface area contributed by atoms with E-state index in [9.17, 15) is 13.2 Å². The number of rotatable bonds is 6. The summed E-state index contributed by atoms with van der Waals surface area (Å²) in [6, 6.07) is 10.5. The van der Waals surface area contributed by atoms with Gasteiger partial charge in [-0.3, -0.25) is 4.79 Å². The molecule has 2 aromatic carbocycles. The maximum Gasteiger partial charge on any atom is 0.242 e. The number of hydrogen-bond donors (Lipinski definition) is 2. The molecule has 0 spiro atoms. The van der Waals surface area contributed by atoms with Gasteiger partial charge in [0.2, 0.25) is 21.1 Å². The summed E-state index contributed by atoms with van der Waals surface area (Å²) < 4.78 is 26.0. The van der Waals surface area contributed by atoms with Crippen molar-refractivity contribution in [1.29, 1.82) is 0 Å². The number of hydrogen-bond acceptors (Lipinski definition) is 7. The maximum absolute atomic E-state index is 12.4. The Hall–Kier alpha value is -3.02. The zero-order valence-corrected chi connectivity index (χ0v) is 19.6. The van der Waals surface area contributed by atoms with Crippen molar-refractivity contribution < 1.29 is 13.2 Å². The Morgan fingerprint density at radius 2 is 1.88 bits per heavy atom. The van der Waals surface area contributed by atoms with Crippen LogP contribution >= 0.6 is 11.8 Å². The van der Waals surface area contributed by atoms with E-state index in [1.165, 1.54) is 31.9 Å². The lowest BCUT2D eigenvalue weighted by Crippen LogP contribution is -2.22. The molecule has 0 radical (unpaired) electrons. The van der Waals surface area contributed by atoms with Crippen LogP contribution in [-0.4, -0.2) is 58.6 Å². The molecule has 0 fully saturated rings. The molecule has 2 N–H and O–H groups in total. The molecule has 0 saturated carbocycles. The summed E-state index contributed by atoms with van der Waals surface area (Å²) in [6.07, 6.45) is 0. The number of aromatic amines is 1. The average Bonchev–Trinajstić information content (AvgIpc) is 3.11. The molecule has 0 unspecified atom stereocenters. The van der Waals surface area contributed by atoms with Gasteiger partial charge in [-0.2, -0.15) is 0 Å². The molecular formula is C21H22N6O3S2. The minimum absolute atomic E-state index is 0.131. The van der Waals surface area contributed by atoms with Crippen LogP contribution in [0, 0.1) is 13.8 Å². The fourth-order valence-corrected chi connectivity index (χ4v) is 4.63. The Morgan fingerprint density at radius 1 is 1.09 bits per heavy atom. The number of nitrogens with one attached hydrogen (secondary N) is 2. The first-order valence-corrected chi connectivity index (χ1v) is 12.2. The SMILES string of the molecule is Cc1ccc(NC(=O)CSc2nnc3c(n2)[nH]c2ccc(S(=O)(=O)N(C)C)cc23)cc1C. The quantitative estimate of drug-likeness (QED) is 0.415. The van der Waals surface area contributed by atoms with Gasteiger partial charge in [0.15, 0.2) is 5.65 Å². The van der Waals surface area contributed by atoms with Crippen molar-refractivity contribution in [1.82, 2.24) is 24.5 Å². The second-order valence-electron chi connectivity index (χ2n) is 7.55. The molecular weight excluding hydrogens is 448 g/mol. The Bertz CT molecular complexity index is 1450. The van der Waals surface area contributed by atoms with Crippen molar-refractivity contribution in [2.45, 2.75) is 23.9 Å². The Labute approximate surface area is 189 Å². The van der Waals surface area contributed by atoms with Gasteiger partial charge in [0.05, 0.1) is 10.6 Å². The van der Waals surface area contributed by atoms with Crippen molar-refractivity contribution in [2.24, 2.45) is 0 Å². The van der Waals surface area contributed by atoms with Crippen molar-refractivity contribution in [3.8, 4) is 0 Å². The van der Waals surface area contributed by atoms with Gasteiger partial charge in [-0.25, -0.2) is 17.7 Å². The highest BCUT2D eigenvalue weighted by Gasteiger charge is 2.19. The molecule has 11 heteroatoms. The molecule has 4 aromatic rings. The maximum atomic E-state index is 12.4. The second kappa shape index (κ2) is 8.49. The van der Waals surface area contributed by atoms with Crippen LogP contribution in [0.25, 0.3) is 22.1 Å². The zero-order valence-electron chi connectivity index (χ0n) is 18.0. The molecule has 2 aromatic heterocycles. The minimum atomic E-state index is -3.57. The van der Waals surface area contributed by atoms with Gasteiger partial charge >= 0.3 is 0 Å². The van der Waals surface area contributed by atoms with Crippen LogP contribution in [-0.2, 0) is 14.8 Å². The zero-order chi connectivity index (χ0) is 23.0. The number of aromatic nitrogens is 4. The number of thioether (sulfide) groups is 1. The normalized spacial score (nSPS) is 12.0. The van der Waals surface area contributed by atoms with Gasteiger partial charge in [-0.15, -0.1) is 10.2 Å². The molecule has 0 aliphatic heterocycles. The molecule has 0 atom stereocenters. The first-order chi connectivity index (χ1) is 15.1. The Morgan fingerprint density at radius 3 is 2.59 bits per heavy atom. The number of sulfonamides is 1. The first-order valence-electron chi connectivity index (χ1n) is 9.74. The van der Waals surface area contributed by atoms with Crippen LogP contribution in [0.15, 0.2) is 46.5 Å². The van der Waals surface area contributed by atoms with Crippen molar-refractivity contribution in [2.75, 3.05) is 25.2 Å². The van der Waals surface area contributed by atoms with Crippen LogP contribution < -0.4 is 5.32 Å². The van der Waals surface area contributed by atoms with E-state index >= 15 is 0 Å². The van der Waals surface area contributed by atoms with Crippen molar-refractivity contribution in [3.63, 3.8) is 0 Å². The molecule has 32 heavy (non-hydrogen) atoms. The highest BCUT2D eigenvalue weighted by molar-refractivity contribution is 7.99. The molecule has 1 amide bonds. The predicted octanol–water partition coefficient (Wildman–Crippen LogP) is 3.10. The van der Waals surface area contributed by atoms with Gasteiger partial charge in [0, 0.05) is 30.7 Å². The summed E-state index contributed by atoms with van der Waals surface area (Å²) in [5, 5.41) is 12.1. The molecule has 0 aliphatic rings. The van der Waals surface area contributed by atoms with E-state index in [1.54, 1.807) is 12.1 Å². The van der Waals surface area contributed by atoms with Crippen LogP contribution in [0.5, 0.6) is 0 Å². The summed E-state index contributed by atoms with van der Waals surface area (Å²) in [7, 11) is -0.606. The summed E-state index contributed by atoms with van der Waals surface area (Å²) in [5.74, 6) is -0.0388. The van der Waals surface area contributed by atoms with Gasteiger partial charge in [0.25, 0.3) is 0 Å². The van der Waals surface area contributed by atoms with E-state index in [0.29, 0.717) is 27.2 Å². The smallest absolute Gasteiger partial charge is 0.242 e. The van der Waals surface area contributed by atoms with Gasteiger partial charge < -0.3 is 10.3 Å². The van der Waals surface area contributed by atoms with E-state index in [-0.39, 0.29) is 16.6 Å².